The number of hydrogen-bond acceptors (Lipinski definition) is 3. The van der Waals surface area contributed by atoms with Gasteiger partial charge < -0.3 is 5.73 Å². The molecule has 0 aliphatic rings. The lowest BCUT2D eigenvalue weighted by molar-refractivity contribution is 0.593. The van der Waals surface area contributed by atoms with Crippen molar-refractivity contribution in [2.45, 2.75) is 39.8 Å². The lowest BCUT2D eigenvalue weighted by atomic mass is 10.2. The molecule has 1 heterocycles. The Hall–Kier alpha value is -0.900. The van der Waals surface area contributed by atoms with Gasteiger partial charge in [-0.3, -0.25) is 0 Å². The fourth-order valence-corrected chi connectivity index (χ4v) is 1.29. The summed E-state index contributed by atoms with van der Waals surface area (Å²) in [5.74, 6) is 0. The van der Waals surface area contributed by atoms with Gasteiger partial charge in [-0.15, -0.1) is 5.10 Å². The van der Waals surface area contributed by atoms with Crippen molar-refractivity contribution in [2.75, 3.05) is 0 Å². The zero-order valence-corrected chi connectivity index (χ0v) is 7.75. The smallest absolute Gasteiger partial charge is 0.0994 e. The highest BCUT2D eigenvalue weighted by atomic mass is 15.4. The Balaban J connectivity index is 2.90. The molecular weight excluding hydrogens is 152 g/mol. The fraction of sp³-hybridized carbons (Fsp3) is 0.750. The molecule has 0 saturated carbocycles. The van der Waals surface area contributed by atoms with Gasteiger partial charge in [0.2, 0.25) is 0 Å². The first-order chi connectivity index (χ1) is 5.83. The van der Waals surface area contributed by atoms with Gasteiger partial charge in [0.15, 0.2) is 0 Å². The van der Waals surface area contributed by atoms with Gasteiger partial charge in [-0.05, 0) is 13.3 Å². The first-order valence-corrected chi connectivity index (χ1v) is 4.44. The van der Waals surface area contributed by atoms with E-state index in [-0.39, 0.29) is 0 Å². The molecule has 0 radical (unpaired) electrons. The quantitative estimate of drug-likeness (QED) is 0.720. The summed E-state index contributed by atoms with van der Waals surface area (Å²) in [6, 6.07) is 0. The van der Waals surface area contributed by atoms with Gasteiger partial charge in [-0.2, -0.15) is 0 Å². The summed E-state index contributed by atoms with van der Waals surface area (Å²) in [7, 11) is 0. The predicted molar refractivity (Wildman–Crippen MR) is 47.6 cm³/mol. The highest BCUT2D eigenvalue weighted by Gasteiger charge is 2.08. The van der Waals surface area contributed by atoms with Crippen LogP contribution in [0.1, 0.15) is 31.7 Å². The van der Waals surface area contributed by atoms with Gasteiger partial charge in [0.1, 0.15) is 0 Å². The summed E-state index contributed by atoms with van der Waals surface area (Å²) in [5, 5.41) is 8.02. The Bertz CT molecular complexity index is 220. The molecule has 0 aromatic carbocycles. The number of hydrogen-bond donors (Lipinski definition) is 1. The minimum atomic E-state index is 0.495. The molecule has 12 heavy (non-hydrogen) atoms. The summed E-state index contributed by atoms with van der Waals surface area (Å²) in [4.78, 5) is 0. The van der Waals surface area contributed by atoms with Crippen molar-refractivity contribution in [2.24, 2.45) is 5.73 Å². The van der Waals surface area contributed by atoms with Crippen LogP contribution in [0.2, 0.25) is 0 Å². The van der Waals surface area contributed by atoms with Gasteiger partial charge in [0.05, 0.1) is 11.4 Å². The third kappa shape index (κ3) is 1.64. The number of aryl methyl sites for hydroxylation is 1. The largest absolute Gasteiger partial charge is 0.325 e. The van der Waals surface area contributed by atoms with Crippen LogP contribution in [-0.2, 0) is 19.5 Å². The van der Waals surface area contributed by atoms with Gasteiger partial charge in [-0.1, -0.05) is 18.6 Å². The van der Waals surface area contributed by atoms with Gasteiger partial charge in [0.25, 0.3) is 0 Å². The second-order valence-corrected chi connectivity index (χ2v) is 2.75. The summed E-state index contributed by atoms with van der Waals surface area (Å²) in [6.45, 7) is 5.58. The molecule has 0 spiro atoms. The molecule has 1 rings (SSSR count). The molecular formula is C8H16N4. The van der Waals surface area contributed by atoms with Gasteiger partial charge in [0, 0.05) is 13.1 Å². The van der Waals surface area contributed by atoms with E-state index in [1.807, 2.05) is 4.68 Å². The van der Waals surface area contributed by atoms with Crippen LogP contribution in [0.25, 0.3) is 0 Å². The van der Waals surface area contributed by atoms with Crippen molar-refractivity contribution in [3.8, 4) is 0 Å². The lowest BCUT2D eigenvalue weighted by Gasteiger charge is -2.02. The van der Waals surface area contributed by atoms with Crippen LogP contribution < -0.4 is 5.73 Å². The van der Waals surface area contributed by atoms with E-state index < -0.39 is 0 Å². The number of nitrogens with zero attached hydrogens (tertiary/aromatic N) is 3. The normalized spacial score (nSPS) is 10.6. The van der Waals surface area contributed by atoms with Crippen LogP contribution in [0, 0.1) is 0 Å². The minimum Gasteiger partial charge on any atom is -0.325 e. The monoisotopic (exact) mass is 168 g/mol. The Morgan fingerprint density at radius 1 is 1.42 bits per heavy atom. The average molecular weight is 168 g/mol. The lowest BCUT2D eigenvalue weighted by Crippen LogP contribution is -2.06. The van der Waals surface area contributed by atoms with E-state index >= 15 is 0 Å². The van der Waals surface area contributed by atoms with E-state index in [1.54, 1.807) is 0 Å². The average Bonchev–Trinajstić information content (AvgIpc) is 2.48. The second kappa shape index (κ2) is 4.21. The van der Waals surface area contributed by atoms with Gasteiger partial charge in [-0.25, -0.2) is 4.68 Å². The zero-order valence-electron chi connectivity index (χ0n) is 7.75. The van der Waals surface area contributed by atoms with Crippen molar-refractivity contribution in [1.29, 1.82) is 0 Å². The summed E-state index contributed by atoms with van der Waals surface area (Å²) >= 11 is 0. The molecule has 0 unspecified atom stereocenters. The van der Waals surface area contributed by atoms with Crippen molar-refractivity contribution >= 4 is 0 Å². The molecule has 0 atom stereocenters. The maximum atomic E-state index is 5.53. The summed E-state index contributed by atoms with van der Waals surface area (Å²) in [6.07, 6.45) is 2.13. The number of aromatic nitrogens is 3. The Labute approximate surface area is 72.8 Å². The van der Waals surface area contributed by atoms with E-state index in [0.717, 1.165) is 25.1 Å². The standard InChI is InChI=1S/C8H16N4/c1-3-5-8-7(6-9)10-11-12(8)4-2/h3-6,9H2,1-2H3. The number of nitrogens with two attached hydrogens (primary N) is 1. The summed E-state index contributed by atoms with van der Waals surface area (Å²) in [5.41, 5.74) is 7.67. The topological polar surface area (TPSA) is 56.7 Å². The summed E-state index contributed by atoms with van der Waals surface area (Å²) < 4.78 is 1.92. The first-order valence-electron chi connectivity index (χ1n) is 4.44. The minimum absolute atomic E-state index is 0.495. The molecule has 4 heteroatoms. The molecule has 68 valence electrons. The van der Waals surface area contributed by atoms with Crippen LogP contribution in [0.4, 0.5) is 0 Å². The van der Waals surface area contributed by atoms with Crippen LogP contribution in [0.15, 0.2) is 0 Å². The maximum Gasteiger partial charge on any atom is 0.0994 e. The Morgan fingerprint density at radius 3 is 2.67 bits per heavy atom. The molecule has 0 saturated heterocycles. The van der Waals surface area contributed by atoms with Gasteiger partial charge >= 0.3 is 0 Å². The highest BCUT2D eigenvalue weighted by Crippen LogP contribution is 2.07. The second-order valence-electron chi connectivity index (χ2n) is 2.75. The first kappa shape index (κ1) is 9.19. The molecule has 2 N–H and O–H groups in total. The SMILES string of the molecule is CCCc1c(CN)nnn1CC. The Kier molecular flexibility index (Phi) is 3.22. The van der Waals surface area contributed by atoms with E-state index in [1.165, 1.54) is 5.69 Å². The zero-order chi connectivity index (χ0) is 8.97. The van der Waals surface area contributed by atoms with E-state index in [2.05, 4.69) is 24.2 Å². The predicted octanol–water partition coefficient (Wildman–Crippen LogP) is 0.709. The van der Waals surface area contributed by atoms with Crippen LogP contribution >= 0.6 is 0 Å². The molecule has 0 amide bonds. The molecule has 4 nitrogen and oxygen atoms in total. The Morgan fingerprint density at radius 2 is 2.17 bits per heavy atom. The fourth-order valence-electron chi connectivity index (χ4n) is 1.29. The third-order valence-electron chi connectivity index (χ3n) is 1.90. The van der Waals surface area contributed by atoms with Crippen molar-refractivity contribution in [3.63, 3.8) is 0 Å². The highest BCUT2D eigenvalue weighted by molar-refractivity contribution is 5.09. The van der Waals surface area contributed by atoms with Crippen LogP contribution in [0.5, 0.6) is 0 Å². The van der Waals surface area contributed by atoms with E-state index in [0.29, 0.717) is 6.54 Å². The van der Waals surface area contributed by atoms with E-state index in [9.17, 15) is 0 Å². The van der Waals surface area contributed by atoms with Crippen molar-refractivity contribution < 1.29 is 0 Å². The molecule has 1 aromatic rings. The molecule has 1 aromatic heterocycles. The van der Waals surface area contributed by atoms with Crippen molar-refractivity contribution in [3.05, 3.63) is 11.4 Å². The van der Waals surface area contributed by atoms with Crippen LogP contribution in [0.3, 0.4) is 0 Å². The molecule has 0 aliphatic heterocycles. The van der Waals surface area contributed by atoms with Crippen molar-refractivity contribution in [1.82, 2.24) is 15.0 Å². The number of rotatable bonds is 4. The molecule has 0 fully saturated rings. The maximum absolute atomic E-state index is 5.53. The molecule has 0 bridgehead atoms. The third-order valence-corrected chi connectivity index (χ3v) is 1.90. The van der Waals surface area contributed by atoms with E-state index in [4.69, 9.17) is 5.73 Å². The van der Waals surface area contributed by atoms with Crippen LogP contribution in [-0.4, -0.2) is 15.0 Å². The molecule has 0 aliphatic carbocycles.